The largest absolute Gasteiger partial charge is 0.329 e. The van der Waals surface area contributed by atoms with Crippen LogP contribution in [-0.2, 0) is 11.3 Å². The van der Waals surface area contributed by atoms with Gasteiger partial charge in [0.1, 0.15) is 5.70 Å². The Morgan fingerprint density at radius 1 is 1.08 bits per heavy atom. The van der Waals surface area contributed by atoms with Gasteiger partial charge in [-0.05, 0) is 41.5 Å². The van der Waals surface area contributed by atoms with Gasteiger partial charge >= 0.3 is 6.03 Å². The van der Waals surface area contributed by atoms with Crippen molar-refractivity contribution in [3.63, 3.8) is 0 Å². The van der Waals surface area contributed by atoms with Gasteiger partial charge in [-0.1, -0.05) is 57.3 Å². The van der Waals surface area contributed by atoms with Crippen molar-refractivity contribution < 1.29 is 9.59 Å². The van der Waals surface area contributed by atoms with Crippen LogP contribution < -0.4 is 5.32 Å². The van der Waals surface area contributed by atoms with E-state index in [0.717, 1.165) is 14.9 Å². The molecule has 0 saturated carbocycles. The molecule has 3 amide bonds. The summed E-state index contributed by atoms with van der Waals surface area (Å²) < 4.78 is 0.932. The molecule has 0 atom stereocenters. The summed E-state index contributed by atoms with van der Waals surface area (Å²) in [7, 11) is 0. The quantitative estimate of drug-likeness (QED) is 0.564. The molecule has 1 N–H and O–H groups in total. The number of hydrogen-bond donors (Lipinski definition) is 1. The molecule has 0 spiro atoms. The Balaban J connectivity index is 1.83. The van der Waals surface area contributed by atoms with E-state index in [2.05, 4.69) is 21.2 Å². The first-order valence-electron chi connectivity index (χ1n) is 6.98. The second-order valence-electron chi connectivity index (χ2n) is 5.17. The summed E-state index contributed by atoms with van der Waals surface area (Å²) in [5.41, 5.74) is 1.64. The van der Waals surface area contributed by atoms with Crippen molar-refractivity contribution in [3.05, 3.63) is 73.8 Å². The van der Waals surface area contributed by atoms with Gasteiger partial charge in [0.2, 0.25) is 0 Å². The molecule has 122 valence electrons. The van der Waals surface area contributed by atoms with Crippen LogP contribution in [0.1, 0.15) is 11.1 Å². The summed E-state index contributed by atoms with van der Waals surface area (Å²) in [6, 6.07) is 11.9. The minimum Gasteiger partial charge on any atom is -0.303 e. The first-order chi connectivity index (χ1) is 11.4. The van der Waals surface area contributed by atoms with Crippen LogP contribution in [0.15, 0.2) is 52.6 Å². The average molecular weight is 426 g/mol. The van der Waals surface area contributed by atoms with E-state index >= 15 is 0 Å². The lowest BCUT2D eigenvalue weighted by atomic mass is 10.2. The van der Waals surface area contributed by atoms with Crippen LogP contribution in [-0.4, -0.2) is 16.8 Å². The van der Waals surface area contributed by atoms with Gasteiger partial charge in [0, 0.05) is 14.5 Å². The SMILES string of the molecule is O=C1N/C(=C/c2ccc(Cl)cc2Cl)C(=O)N1Cc1ccc(Br)cc1. The van der Waals surface area contributed by atoms with E-state index in [4.69, 9.17) is 23.2 Å². The maximum atomic E-state index is 12.5. The number of carbonyl (C=O) groups excluding carboxylic acids is 2. The molecule has 0 radical (unpaired) electrons. The van der Waals surface area contributed by atoms with Crippen molar-refractivity contribution >= 4 is 57.1 Å². The molecule has 3 rings (SSSR count). The van der Waals surface area contributed by atoms with E-state index < -0.39 is 11.9 Å². The fraction of sp³-hybridized carbons (Fsp3) is 0.0588. The zero-order valence-electron chi connectivity index (χ0n) is 12.2. The topological polar surface area (TPSA) is 49.4 Å². The molecule has 1 heterocycles. The highest BCUT2D eigenvalue weighted by Crippen LogP contribution is 2.24. The van der Waals surface area contributed by atoms with E-state index in [9.17, 15) is 9.59 Å². The number of rotatable bonds is 3. The van der Waals surface area contributed by atoms with E-state index in [-0.39, 0.29) is 12.2 Å². The van der Waals surface area contributed by atoms with Crippen LogP contribution in [0.3, 0.4) is 0 Å². The summed E-state index contributed by atoms with van der Waals surface area (Å²) >= 11 is 15.3. The minimum atomic E-state index is -0.459. The van der Waals surface area contributed by atoms with Crippen molar-refractivity contribution in [1.82, 2.24) is 10.2 Å². The van der Waals surface area contributed by atoms with Crippen LogP contribution in [0, 0.1) is 0 Å². The van der Waals surface area contributed by atoms with Crippen LogP contribution >= 0.6 is 39.1 Å². The third kappa shape index (κ3) is 3.64. The molecule has 0 bridgehead atoms. The monoisotopic (exact) mass is 424 g/mol. The molecule has 2 aromatic carbocycles. The average Bonchev–Trinajstić information content (AvgIpc) is 2.80. The number of nitrogens with zero attached hydrogens (tertiary/aromatic N) is 1. The minimum absolute atomic E-state index is 0.182. The number of carbonyl (C=O) groups is 2. The highest BCUT2D eigenvalue weighted by Gasteiger charge is 2.33. The third-order valence-corrected chi connectivity index (χ3v) is 4.57. The highest BCUT2D eigenvalue weighted by atomic mass is 79.9. The lowest BCUT2D eigenvalue weighted by Crippen LogP contribution is -2.30. The maximum Gasteiger partial charge on any atom is 0.329 e. The number of nitrogens with one attached hydrogen (secondary N) is 1. The van der Waals surface area contributed by atoms with Gasteiger partial charge < -0.3 is 5.32 Å². The fourth-order valence-electron chi connectivity index (χ4n) is 2.26. The normalized spacial score (nSPS) is 16.0. The van der Waals surface area contributed by atoms with Gasteiger partial charge in [-0.15, -0.1) is 0 Å². The van der Waals surface area contributed by atoms with E-state index in [1.54, 1.807) is 24.3 Å². The molecule has 1 aliphatic rings. The van der Waals surface area contributed by atoms with Crippen LogP contribution in [0.2, 0.25) is 10.0 Å². The standard InChI is InChI=1S/C17H11BrCl2N2O2/c18-12-4-1-10(2-5-12)9-22-16(23)15(21-17(22)24)7-11-3-6-13(19)8-14(11)20/h1-8H,9H2,(H,21,24)/b15-7+. The lowest BCUT2D eigenvalue weighted by Gasteiger charge is -2.11. The predicted molar refractivity (Wildman–Crippen MR) is 97.7 cm³/mol. The second-order valence-corrected chi connectivity index (χ2v) is 6.93. The first kappa shape index (κ1) is 17.0. The second kappa shape index (κ2) is 6.97. The maximum absolute atomic E-state index is 12.5. The fourth-order valence-corrected chi connectivity index (χ4v) is 2.99. The Hall–Kier alpha value is -1.82. The van der Waals surface area contributed by atoms with Crippen molar-refractivity contribution in [3.8, 4) is 0 Å². The molecule has 1 fully saturated rings. The van der Waals surface area contributed by atoms with Crippen LogP contribution in [0.25, 0.3) is 6.08 Å². The Morgan fingerprint density at radius 3 is 2.46 bits per heavy atom. The summed E-state index contributed by atoms with van der Waals surface area (Å²) in [5.74, 6) is -0.395. The molecule has 1 saturated heterocycles. The van der Waals surface area contributed by atoms with Gasteiger partial charge in [-0.2, -0.15) is 0 Å². The van der Waals surface area contributed by atoms with Crippen LogP contribution in [0.5, 0.6) is 0 Å². The van der Waals surface area contributed by atoms with Crippen LogP contribution in [0.4, 0.5) is 4.79 Å². The first-order valence-corrected chi connectivity index (χ1v) is 8.53. The van der Waals surface area contributed by atoms with Crippen molar-refractivity contribution in [2.24, 2.45) is 0 Å². The highest BCUT2D eigenvalue weighted by molar-refractivity contribution is 9.10. The number of urea groups is 1. The summed E-state index contributed by atoms with van der Waals surface area (Å²) in [4.78, 5) is 25.7. The number of imide groups is 1. The Labute approximate surface area is 157 Å². The van der Waals surface area contributed by atoms with E-state index in [0.29, 0.717) is 15.6 Å². The molecular weight excluding hydrogens is 415 g/mol. The Bertz CT molecular complexity index is 850. The molecule has 4 nitrogen and oxygen atoms in total. The smallest absolute Gasteiger partial charge is 0.303 e. The van der Waals surface area contributed by atoms with Gasteiger partial charge in [-0.25, -0.2) is 4.79 Å². The molecule has 24 heavy (non-hydrogen) atoms. The van der Waals surface area contributed by atoms with Gasteiger partial charge in [-0.3, -0.25) is 9.69 Å². The lowest BCUT2D eigenvalue weighted by molar-refractivity contribution is -0.123. The molecule has 7 heteroatoms. The summed E-state index contributed by atoms with van der Waals surface area (Å²) in [5, 5.41) is 3.48. The zero-order valence-corrected chi connectivity index (χ0v) is 15.3. The Morgan fingerprint density at radius 2 is 1.79 bits per heavy atom. The van der Waals surface area contributed by atoms with Gasteiger partial charge in [0.05, 0.1) is 6.54 Å². The van der Waals surface area contributed by atoms with Crippen molar-refractivity contribution in [2.45, 2.75) is 6.54 Å². The molecule has 0 aliphatic carbocycles. The summed E-state index contributed by atoms with van der Waals surface area (Å²) in [6.07, 6.45) is 1.54. The van der Waals surface area contributed by atoms with Crippen molar-refractivity contribution in [1.29, 1.82) is 0 Å². The molecule has 2 aromatic rings. The number of halogens is 3. The Kier molecular flexibility index (Phi) is 4.94. The summed E-state index contributed by atoms with van der Waals surface area (Å²) in [6.45, 7) is 0.198. The zero-order chi connectivity index (χ0) is 17.3. The number of amides is 3. The van der Waals surface area contributed by atoms with Crippen molar-refractivity contribution in [2.75, 3.05) is 0 Å². The number of benzene rings is 2. The van der Waals surface area contributed by atoms with Gasteiger partial charge in [0.15, 0.2) is 0 Å². The van der Waals surface area contributed by atoms with Gasteiger partial charge in [0.25, 0.3) is 5.91 Å². The molecule has 0 aromatic heterocycles. The van der Waals surface area contributed by atoms with E-state index in [1.807, 2.05) is 24.3 Å². The van der Waals surface area contributed by atoms with E-state index in [1.165, 1.54) is 0 Å². The third-order valence-electron chi connectivity index (χ3n) is 3.48. The predicted octanol–water partition coefficient (Wildman–Crippen LogP) is 4.85. The molecule has 0 unspecified atom stereocenters. The molecule has 1 aliphatic heterocycles. The number of hydrogen-bond acceptors (Lipinski definition) is 2. The molecular formula is C17H11BrCl2N2O2.